The third kappa shape index (κ3) is 6.96. The van der Waals surface area contributed by atoms with Gasteiger partial charge in [-0.1, -0.05) is 30.9 Å². The van der Waals surface area contributed by atoms with Gasteiger partial charge in [0.2, 0.25) is 5.91 Å². The maximum Gasteiger partial charge on any atom is 0.337 e. The molecule has 1 atom stereocenters. The SMILES string of the molecule is C=CCOc1ccc(CN(CC2CCCO2)C(=O)/C=C/c2ccc(C(=O)OC)cc2)cc1OC. The van der Waals surface area contributed by atoms with Crippen LogP contribution in [0.3, 0.4) is 0 Å². The first-order chi connectivity index (χ1) is 16.5. The number of nitrogens with zero attached hydrogens (tertiary/aromatic N) is 1. The highest BCUT2D eigenvalue weighted by atomic mass is 16.5. The molecule has 34 heavy (non-hydrogen) atoms. The molecule has 1 fully saturated rings. The minimum absolute atomic E-state index is 0.0220. The fourth-order valence-corrected chi connectivity index (χ4v) is 3.69. The number of hydrogen-bond acceptors (Lipinski definition) is 6. The number of carbonyl (C=O) groups excluding carboxylic acids is 2. The van der Waals surface area contributed by atoms with Crippen LogP contribution in [0.5, 0.6) is 11.5 Å². The maximum absolute atomic E-state index is 13.1. The lowest BCUT2D eigenvalue weighted by atomic mass is 10.1. The molecule has 2 aromatic rings. The van der Waals surface area contributed by atoms with E-state index >= 15 is 0 Å². The molecule has 1 amide bonds. The topological polar surface area (TPSA) is 74.3 Å². The van der Waals surface area contributed by atoms with Crippen molar-refractivity contribution in [3.8, 4) is 11.5 Å². The van der Waals surface area contributed by atoms with Gasteiger partial charge in [0, 0.05) is 25.8 Å². The van der Waals surface area contributed by atoms with Crippen LogP contribution >= 0.6 is 0 Å². The van der Waals surface area contributed by atoms with E-state index in [0.29, 0.717) is 36.8 Å². The van der Waals surface area contributed by atoms with Gasteiger partial charge >= 0.3 is 5.97 Å². The molecule has 1 aliphatic heterocycles. The monoisotopic (exact) mass is 465 g/mol. The van der Waals surface area contributed by atoms with E-state index in [0.717, 1.165) is 30.6 Å². The summed E-state index contributed by atoms with van der Waals surface area (Å²) in [5.74, 6) is 0.702. The molecule has 1 saturated heterocycles. The molecular weight excluding hydrogens is 434 g/mol. The van der Waals surface area contributed by atoms with Crippen molar-refractivity contribution in [2.45, 2.75) is 25.5 Å². The predicted octanol–water partition coefficient (Wildman–Crippen LogP) is 4.27. The summed E-state index contributed by atoms with van der Waals surface area (Å²) in [5.41, 5.74) is 2.19. The van der Waals surface area contributed by atoms with Gasteiger partial charge < -0.3 is 23.8 Å². The summed E-state index contributed by atoms with van der Waals surface area (Å²) in [6.07, 6.45) is 6.90. The van der Waals surface area contributed by atoms with Gasteiger partial charge in [0.05, 0.1) is 25.9 Å². The van der Waals surface area contributed by atoms with Crippen molar-refractivity contribution in [3.63, 3.8) is 0 Å². The number of carbonyl (C=O) groups is 2. The van der Waals surface area contributed by atoms with Gasteiger partial charge in [0.25, 0.3) is 0 Å². The Morgan fingerprint density at radius 2 is 1.94 bits per heavy atom. The number of esters is 1. The average molecular weight is 466 g/mol. The van der Waals surface area contributed by atoms with Gasteiger partial charge in [-0.15, -0.1) is 0 Å². The first-order valence-corrected chi connectivity index (χ1v) is 11.2. The largest absolute Gasteiger partial charge is 0.493 e. The van der Waals surface area contributed by atoms with E-state index in [4.69, 9.17) is 18.9 Å². The second-order valence-electron chi connectivity index (χ2n) is 7.89. The number of benzene rings is 2. The highest BCUT2D eigenvalue weighted by Gasteiger charge is 2.22. The zero-order chi connectivity index (χ0) is 24.3. The van der Waals surface area contributed by atoms with Crippen LogP contribution in [0.25, 0.3) is 6.08 Å². The summed E-state index contributed by atoms with van der Waals surface area (Å²) in [5, 5.41) is 0. The Balaban J connectivity index is 1.74. The molecule has 0 aliphatic carbocycles. The van der Waals surface area contributed by atoms with Crippen LogP contribution < -0.4 is 9.47 Å². The maximum atomic E-state index is 13.1. The minimum atomic E-state index is -0.398. The van der Waals surface area contributed by atoms with Crippen LogP contribution in [-0.4, -0.2) is 56.9 Å². The molecule has 1 heterocycles. The number of ether oxygens (including phenoxy) is 4. The van der Waals surface area contributed by atoms with Crippen LogP contribution in [0, 0.1) is 0 Å². The minimum Gasteiger partial charge on any atom is -0.493 e. The molecule has 2 aromatic carbocycles. The van der Waals surface area contributed by atoms with E-state index in [1.165, 1.54) is 7.11 Å². The molecule has 1 unspecified atom stereocenters. The first-order valence-electron chi connectivity index (χ1n) is 11.2. The second kappa shape index (κ2) is 12.6. The van der Waals surface area contributed by atoms with Crippen molar-refractivity contribution in [1.29, 1.82) is 0 Å². The van der Waals surface area contributed by atoms with Crippen molar-refractivity contribution < 1.29 is 28.5 Å². The summed E-state index contributed by atoms with van der Waals surface area (Å²) in [6, 6.07) is 12.5. The number of hydrogen-bond donors (Lipinski definition) is 0. The fraction of sp³-hybridized carbons (Fsp3) is 0.333. The Morgan fingerprint density at radius 3 is 2.59 bits per heavy atom. The average Bonchev–Trinajstić information content (AvgIpc) is 3.39. The van der Waals surface area contributed by atoms with E-state index < -0.39 is 5.97 Å². The van der Waals surface area contributed by atoms with E-state index in [1.807, 2.05) is 18.2 Å². The van der Waals surface area contributed by atoms with Gasteiger partial charge in [-0.3, -0.25) is 4.79 Å². The van der Waals surface area contributed by atoms with Crippen molar-refractivity contribution in [1.82, 2.24) is 4.90 Å². The first kappa shape index (κ1) is 25.1. The molecule has 0 spiro atoms. The van der Waals surface area contributed by atoms with E-state index in [-0.39, 0.29) is 12.0 Å². The summed E-state index contributed by atoms with van der Waals surface area (Å²) in [6.45, 7) is 5.67. The van der Waals surface area contributed by atoms with E-state index in [2.05, 4.69) is 6.58 Å². The number of amides is 1. The van der Waals surface area contributed by atoms with Gasteiger partial charge in [-0.2, -0.15) is 0 Å². The molecule has 180 valence electrons. The highest BCUT2D eigenvalue weighted by Crippen LogP contribution is 2.29. The number of rotatable bonds is 11. The Hall–Kier alpha value is -3.58. The molecule has 7 heteroatoms. The van der Waals surface area contributed by atoms with Crippen molar-refractivity contribution in [2.24, 2.45) is 0 Å². The molecule has 0 radical (unpaired) electrons. The summed E-state index contributed by atoms with van der Waals surface area (Å²) >= 11 is 0. The number of methoxy groups -OCH3 is 2. The summed E-state index contributed by atoms with van der Waals surface area (Å²) < 4.78 is 21.6. The lowest BCUT2D eigenvalue weighted by Crippen LogP contribution is -2.35. The molecular formula is C27H31NO6. The van der Waals surface area contributed by atoms with Crippen molar-refractivity contribution in [2.75, 3.05) is 34.0 Å². The molecule has 0 N–H and O–H groups in total. The molecule has 0 aromatic heterocycles. The zero-order valence-corrected chi connectivity index (χ0v) is 19.7. The molecule has 0 bridgehead atoms. The molecule has 1 aliphatic rings. The van der Waals surface area contributed by atoms with E-state index in [1.54, 1.807) is 54.5 Å². The third-order valence-electron chi connectivity index (χ3n) is 5.47. The van der Waals surface area contributed by atoms with Crippen LogP contribution in [0.15, 0.2) is 61.2 Å². The molecule has 0 saturated carbocycles. The summed E-state index contributed by atoms with van der Waals surface area (Å²) in [4.78, 5) is 26.5. The normalized spacial score (nSPS) is 15.2. The summed E-state index contributed by atoms with van der Waals surface area (Å²) in [7, 11) is 2.93. The van der Waals surface area contributed by atoms with E-state index in [9.17, 15) is 9.59 Å². The van der Waals surface area contributed by atoms with Gasteiger partial charge in [0.15, 0.2) is 11.5 Å². The Labute approximate surface area is 200 Å². The second-order valence-corrected chi connectivity index (χ2v) is 7.89. The van der Waals surface area contributed by atoms with Crippen LogP contribution in [0.1, 0.15) is 34.3 Å². The predicted molar refractivity (Wildman–Crippen MR) is 130 cm³/mol. The quantitative estimate of drug-likeness (QED) is 0.280. The molecule has 3 rings (SSSR count). The van der Waals surface area contributed by atoms with Gasteiger partial charge in [-0.25, -0.2) is 4.79 Å². The van der Waals surface area contributed by atoms with Gasteiger partial charge in [-0.05, 0) is 54.3 Å². The Morgan fingerprint density at radius 1 is 1.15 bits per heavy atom. The molecule has 7 nitrogen and oxygen atoms in total. The zero-order valence-electron chi connectivity index (χ0n) is 19.7. The van der Waals surface area contributed by atoms with Crippen molar-refractivity contribution in [3.05, 3.63) is 77.9 Å². The Bertz CT molecular complexity index is 1010. The highest BCUT2D eigenvalue weighted by molar-refractivity contribution is 5.92. The third-order valence-corrected chi connectivity index (χ3v) is 5.47. The Kier molecular flexibility index (Phi) is 9.29. The standard InChI is InChI=1S/C27H31NO6/c1-4-15-34-24-13-9-21(17-25(24)31-2)18-28(19-23-6-5-16-33-23)26(29)14-10-20-7-11-22(12-8-20)27(30)32-3/h4,7-14,17,23H,1,5-6,15-16,18-19H2,2-3H3/b14-10+. The van der Waals surface area contributed by atoms with Crippen LogP contribution in [0.2, 0.25) is 0 Å². The van der Waals surface area contributed by atoms with Crippen molar-refractivity contribution >= 4 is 18.0 Å². The lowest BCUT2D eigenvalue weighted by Gasteiger charge is -2.25. The lowest BCUT2D eigenvalue weighted by molar-refractivity contribution is -0.128. The smallest absolute Gasteiger partial charge is 0.337 e. The fourth-order valence-electron chi connectivity index (χ4n) is 3.69. The van der Waals surface area contributed by atoms with Crippen LogP contribution in [-0.2, 0) is 20.8 Å². The van der Waals surface area contributed by atoms with Crippen LogP contribution in [0.4, 0.5) is 0 Å². The van der Waals surface area contributed by atoms with Gasteiger partial charge in [0.1, 0.15) is 6.61 Å².